The third-order valence-corrected chi connectivity index (χ3v) is 2.86. The largest absolute Gasteiger partial charge is 0.444 e. The molecule has 0 atom stereocenters. The van der Waals surface area contributed by atoms with Crippen LogP contribution in [-0.2, 0) is 11.3 Å². The molecule has 3 aromatic rings. The summed E-state index contributed by atoms with van der Waals surface area (Å²) in [6, 6.07) is 11.2. The fourth-order valence-electron chi connectivity index (χ4n) is 1.84. The third-order valence-electron chi connectivity index (χ3n) is 2.86. The Hall–Kier alpha value is -3.47. The Morgan fingerprint density at radius 3 is 2.91 bits per heavy atom. The number of amides is 1. The van der Waals surface area contributed by atoms with Crippen molar-refractivity contribution in [1.29, 1.82) is 5.26 Å². The van der Waals surface area contributed by atoms with Crippen LogP contribution in [0, 0.1) is 11.3 Å². The van der Waals surface area contributed by atoms with Crippen LogP contribution >= 0.6 is 0 Å². The van der Waals surface area contributed by atoms with E-state index in [1.165, 1.54) is 17.0 Å². The van der Waals surface area contributed by atoms with Crippen molar-refractivity contribution >= 4 is 17.7 Å². The molecule has 0 spiro atoms. The van der Waals surface area contributed by atoms with Gasteiger partial charge in [-0.05, 0) is 5.56 Å². The van der Waals surface area contributed by atoms with E-state index in [9.17, 15) is 4.79 Å². The van der Waals surface area contributed by atoms with Crippen LogP contribution in [0.25, 0.3) is 5.78 Å². The number of hydrogen-bond donors (Lipinski definition) is 1. The van der Waals surface area contributed by atoms with E-state index in [4.69, 9.17) is 10.00 Å². The van der Waals surface area contributed by atoms with E-state index in [-0.39, 0.29) is 23.8 Å². The van der Waals surface area contributed by atoms with Crippen molar-refractivity contribution in [3.05, 3.63) is 54.0 Å². The van der Waals surface area contributed by atoms with Crippen molar-refractivity contribution < 1.29 is 9.53 Å². The summed E-state index contributed by atoms with van der Waals surface area (Å²) in [5, 5.41) is 15.5. The standard InChI is InChI=1S/C14H10N6O2/c15-6-11-7-16-13-17-9-18-20(13)12(11)19-14(21)22-8-10-4-2-1-3-5-10/h1-5,7,9H,8H2,(H,19,21). The van der Waals surface area contributed by atoms with Crippen molar-refractivity contribution in [2.75, 3.05) is 5.32 Å². The van der Waals surface area contributed by atoms with Crippen LogP contribution < -0.4 is 5.32 Å². The highest BCUT2D eigenvalue weighted by molar-refractivity contribution is 5.85. The summed E-state index contributed by atoms with van der Waals surface area (Å²) in [6.07, 6.45) is 1.91. The topological polar surface area (TPSA) is 105 Å². The predicted molar refractivity (Wildman–Crippen MR) is 75.7 cm³/mol. The minimum Gasteiger partial charge on any atom is -0.444 e. The number of hydrogen-bond acceptors (Lipinski definition) is 6. The van der Waals surface area contributed by atoms with E-state index in [0.717, 1.165) is 5.56 Å². The smallest absolute Gasteiger partial charge is 0.413 e. The zero-order chi connectivity index (χ0) is 15.4. The van der Waals surface area contributed by atoms with Crippen molar-refractivity contribution in [2.45, 2.75) is 6.61 Å². The molecule has 1 N–H and O–H groups in total. The molecule has 8 nitrogen and oxygen atoms in total. The highest BCUT2D eigenvalue weighted by Crippen LogP contribution is 2.14. The molecule has 3 rings (SSSR count). The average molecular weight is 294 g/mol. The second kappa shape index (κ2) is 5.88. The average Bonchev–Trinajstić information content (AvgIpc) is 3.03. The van der Waals surface area contributed by atoms with Gasteiger partial charge in [-0.3, -0.25) is 5.32 Å². The normalized spacial score (nSPS) is 10.1. The van der Waals surface area contributed by atoms with Gasteiger partial charge in [0, 0.05) is 0 Å². The van der Waals surface area contributed by atoms with Gasteiger partial charge in [0.25, 0.3) is 5.78 Å². The zero-order valence-electron chi connectivity index (χ0n) is 11.3. The number of nitriles is 1. The van der Waals surface area contributed by atoms with Crippen molar-refractivity contribution in [2.24, 2.45) is 0 Å². The van der Waals surface area contributed by atoms with E-state index >= 15 is 0 Å². The summed E-state index contributed by atoms with van der Waals surface area (Å²) in [5.74, 6) is 0.445. The number of carbonyl (C=O) groups excluding carboxylic acids is 1. The van der Waals surface area contributed by atoms with Gasteiger partial charge >= 0.3 is 6.09 Å². The van der Waals surface area contributed by atoms with Crippen molar-refractivity contribution in [3.63, 3.8) is 0 Å². The molecule has 2 heterocycles. The summed E-state index contributed by atoms with van der Waals surface area (Å²) < 4.78 is 6.38. The van der Waals surface area contributed by atoms with Gasteiger partial charge in [0.2, 0.25) is 0 Å². The van der Waals surface area contributed by atoms with Crippen molar-refractivity contribution in [3.8, 4) is 6.07 Å². The van der Waals surface area contributed by atoms with E-state index in [0.29, 0.717) is 0 Å². The summed E-state index contributed by atoms with van der Waals surface area (Å²) in [5.41, 5.74) is 1.02. The number of nitrogens with one attached hydrogen (secondary N) is 1. The zero-order valence-corrected chi connectivity index (χ0v) is 11.3. The summed E-state index contributed by atoms with van der Waals surface area (Å²) in [6.45, 7) is 0.125. The molecule has 0 fully saturated rings. The minimum atomic E-state index is -0.691. The summed E-state index contributed by atoms with van der Waals surface area (Å²) in [4.78, 5) is 19.7. The number of benzene rings is 1. The van der Waals surface area contributed by atoms with Gasteiger partial charge in [0.1, 0.15) is 24.6 Å². The fraction of sp³-hybridized carbons (Fsp3) is 0.0714. The lowest BCUT2D eigenvalue weighted by molar-refractivity contribution is 0.155. The van der Waals surface area contributed by atoms with Crippen LogP contribution in [0.2, 0.25) is 0 Å². The van der Waals surface area contributed by atoms with Gasteiger partial charge in [-0.25, -0.2) is 9.78 Å². The van der Waals surface area contributed by atoms with Crippen LogP contribution in [0.15, 0.2) is 42.9 Å². The summed E-state index contributed by atoms with van der Waals surface area (Å²) >= 11 is 0. The molecular formula is C14H10N6O2. The molecule has 108 valence electrons. The number of ether oxygens (including phenoxy) is 1. The maximum atomic E-state index is 11.9. The van der Waals surface area contributed by atoms with Gasteiger partial charge in [0.15, 0.2) is 5.82 Å². The first-order valence-corrected chi connectivity index (χ1v) is 6.34. The van der Waals surface area contributed by atoms with E-state index in [1.54, 1.807) is 0 Å². The number of aromatic nitrogens is 4. The number of anilines is 1. The van der Waals surface area contributed by atoms with Gasteiger partial charge in [-0.15, -0.1) is 0 Å². The lowest BCUT2D eigenvalue weighted by atomic mass is 10.2. The molecule has 0 aliphatic carbocycles. The maximum Gasteiger partial charge on any atom is 0.413 e. The minimum absolute atomic E-state index is 0.125. The monoisotopic (exact) mass is 294 g/mol. The Balaban J connectivity index is 1.76. The molecule has 22 heavy (non-hydrogen) atoms. The molecule has 0 bridgehead atoms. The Bertz CT molecular complexity index is 853. The Kier molecular flexibility index (Phi) is 3.61. The van der Waals surface area contributed by atoms with Crippen LogP contribution in [-0.4, -0.2) is 25.7 Å². The predicted octanol–water partition coefficient (Wildman–Crippen LogP) is 1.74. The Morgan fingerprint density at radius 2 is 2.14 bits per heavy atom. The quantitative estimate of drug-likeness (QED) is 0.788. The number of fused-ring (bicyclic) bond motifs is 1. The molecule has 0 saturated carbocycles. The Labute approximate surface area is 125 Å². The van der Waals surface area contributed by atoms with Gasteiger partial charge < -0.3 is 4.74 Å². The first kappa shape index (κ1) is 13.5. The van der Waals surface area contributed by atoms with Crippen LogP contribution in [0.4, 0.5) is 10.6 Å². The molecular weight excluding hydrogens is 284 g/mol. The Morgan fingerprint density at radius 1 is 1.32 bits per heavy atom. The third kappa shape index (κ3) is 2.69. The van der Waals surface area contributed by atoms with E-state index in [2.05, 4.69) is 20.4 Å². The summed E-state index contributed by atoms with van der Waals surface area (Å²) in [7, 11) is 0. The second-order valence-electron chi connectivity index (χ2n) is 4.29. The molecule has 2 aromatic heterocycles. The molecule has 1 aromatic carbocycles. The van der Waals surface area contributed by atoms with Gasteiger partial charge in [0.05, 0.1) is 6.20 Å². The molecule has 0 aliphatic rings. The van der Waals surface area contributed by atoms with Crippen LogP contribution in [0.5, 0.6) is 0 Å². The molecule has 0 aliphatic heterocycles. The lowest BCUT2D eigenvalue weighted by Crippen LogP contribution is -2.17. The van der Waals surface area contributed by atoms with Gasteiger partial charge in [-0.1, -0.05) is 30.3 Å². The SMILES string of the molecule is N#Cc1cnc2ncnn2c1NC(=O)OCc1ccccc1. The molecule has 8 heteroatoms. The van der Waals surface area contributed by atoms with E-state index < -0.39 is 6.09 Å². The molecule has 0 radical (unpaired) electrons. The second-order valence-corrected chi connectivity index (χ2v) is 4.29. The number of nitrogens with zero attached hydrogens (tertiary/aromatic N) is 5. The lowest BCUT2D eigenvalue weighted by Gasteiger charge is -2.09. The molecule has 0 unspecified atom stereocenters. The highest BCUT2D eigenvalue weighted by atomic mass is 16.5. The van der Waals surface area contributed by atoms with Gasteiger partial charge in [-0.2, -0.15) is 19.9 Å². The number of carbonyl (C=O) groups is 1. The molecule has 0 saturated heterocycles. The van der Waals surface area contributed by atoms with Crippen molar-refractivity contribution in [1.82, 2.24) is 19.6 Å². The first-order chi connectivity index (χ1) is 10.8. The first-order valence-electron chi connectivity index (χ1n) is 6.34. The fourth-order valence-corrected chi connectivity index (χ4v) is 1.84. The maximum absolute atomic E-state index is 11.9. The number of rotatable bonds is 3. The van der Waals surface area contributed by atoms with E-state index in [1.807, 2.05) is 36.4 Å². The van der Waals surface area contributed by atoms with Crippen LogP contribution in [0.1, 0.15) is 11.1 Å². The highest BCUT2D eigenvalue weighted by Gasteiger charge is 2.14. The van der Waals surface area contributed by atoms with Crippen LogP contribution in [0.3, 0.4) is 0 Å². The molecule has 1 amide bonds.